The number of phenols is 1. The van der Waals surface area contributed by atoms with Crippen molar-refractivity contribution in [3.05, 3.63) is 45.7 Å². The molecule has 194 valence electrons. The van der Waals surface area contributed by atoms with Gasteiger partial charge in [-0.3, -0.25) is 19.3 Å². The maximum Gasteiger partial charge on any atom is 0.255 e. The van der Waals surface area contributed by atoms with Crippen molar-refractivity contribution in [3.8, 4) is 5.75 Å². The van der Waals surface area contributed by atoms with Gasteiger partial charge >= 0.3 is 0 Å². The zero-order valence-corrected chi connectivity index (χ0v) is 20.8. The third kappa shape index (κ3) is 3.63. The fraction of sp³-hybridized carbons (Fsp3) is 0.500. The summed E-state index contributed by atoms with van der Waals surface area (Å²) in [5.41, 5.74) is 3.37. The van der Waals surface area contributed by atoms with Crippen LogP contribution in [0.5, 0.6) is 5.75 Å². The molecule has 1 saturated carbocycles. The van der Waals surface area contributed by atoms with Gasteiger partial charge in [0.05, 0.1) is 11.6 Å². The van der Waals surface area contributed by atoms with Gasteiger partial charge in [-0.15, -0.1) is 0 Å². The number of aromatic hydroxyl groups is 1. The van der Waals surface area contributed by atoms with Gasteiger partial charge in [-0.1, -0.05) is 13.0 Å². The van der Waals surface area contributed by atoms with Crippen LogP contribution < -0.4 is 11.1 Å². The van der Waals surface area contributed by atoms with E-state index in [1.54, 1.807) is 20.2 Å². The number of primary amides is 1. The summed E-state index contributed by atoms with van der Waals surface area (Å²) in [5.74, 6) is -6.49. The molecule has 5 atom stereocenters. The van der Waals surface area contributed by atoms with Crippen LogP contribution in [0.3, 0.4) is 0 Å². The summed E-state index contributed by atoms with van der Waals surface area (Å²) in [5, 5.41) is 47.7. The second-order valence-electron chi connectivity index (χ2n) is 10.2. The van der Waals surface area contributed by atoms with Crippen molar-refractivity contribution >= 4 is 23.2 Å². The van der Waals surface area contributed by atoms with Crippen LogP contribution in [0.4, 0.5) is 0 Å². The number of nitrogens with two attached hydrogens (primary N) is 1. The summed E-state index contributed by atoms with van der Waals surface area (Å²) in [4.78, 5) is 40.5. The summed E-state index contributed by atoms with van der Waals surface area (Å²) in [6, 6.07) is 2.35. The Kier molecular flexibility index (Phi) is 6.48. The molecular formula is C26H33N3O7. The van der Waals surface area contributed by atoms with Gasteiger partial charge in [-0.2, -0.15) is 0 Å². The molecule has 7 N–H and O–H groups in total. The van der Waals surface area contributed by atoms with Crippen molar-refractivity contribution < 1.29 is 34.8 Å². The van der Waals surface area contributed by atoms with Crippen molar-refractivity contribution in [3.63, 3.8) is 0 Å². The van der Waals surface area contributed by atoms with Gasteiger partial charge in [0.25, 0.3) is 5.91 Å². The molecule has 3 aliphatic carbocycles. The van der Waals surface area contributed by atoms with Crippen LogP contribution in [0.25, 0.3) is 5.76 Å². The molecule has 4 rings (SSSR count). The van der Waals surface area contributed by atoms with Crippen LogP contribution in [-0.2, 0) is 27.3 Å². The van der Waals surface area contributed by atoms with E-state index in [2.05, 4.69) is 12.2 Å². The maximum absolute atomic E-state index is 13.8. The monoisotopic (exact) mass is 499 g/mol. The van der Waals surface area contributed by atoms with Crippen LogP contribution in [0.2, 0.25) is 0 Å². The number of nitrogens with one attached hydrogen (secondary N) is 1. The maximum atomic E-state index is 13.8. The minimum Gasteiger partial charge on any atom is -0.508 e. The van der Waals surface area contributed by atoms with Crippen molar-refractivity contribution in [2.24, 2.45) is 17.6 Å². The highest BCUT2D eigenvalue weighted by Gasteiger charge is 2.64. The molecule has 0 spiro atoms. The number of hydrogen-bond acceptors (Lipinski definition) is 9. The van der Waals surface area contributed by atoms with Crippen molar-refractivity contribution in [1.82, 2.24) is 10.2 Å². The third-order valence-electron chi connectivity index (χ3n) is 7.95. The van der Waals surface area contributed by atoms with Crippen LogP contribution in [0, 0.1) is 11.8 Å². The molecule has 0 heterocycles. The zero-order chi connectivity index (χ0) is 26.7. The SMILES string of the molecule is CCC(C)NCc1ccc(O)c2c1CC1CC3C(N(C)C)C(=O)C(C(N)=O)=C(O)C3(O)C(=O)C1=C2O. The molecule has 0 radical (unpaired) electrons. The van der Waals surface area contributed by atoms with E-state index in [9.17, 15) is 34.8 Å². The third-order valence-corrected chi connectivity index (χ3v) is 7.95. The Morgan fingerprint density at radius 3 is 2.50 bits per heavy atom. The number of aliphatic hydroxyl groups is 3. The Morgan fingerprint density at radius 2 is 1.92 bits per heavy atom. The van der Waals surface area contributed by atoms with Crippen molar-refractivity contribution in [2.45, 2.75) is 57.3 Å². The average molecular weight is 500 g/mol. The molecule has 0 saturated heterocycles. The quantitative estimate of drug-likeness (QED) is 0.310. The summed E-state index contributed by atoms with van der Waals surface area (Å²) in [7, 11) is 3.15. The standard InChI is InChI=1S/C26H33N3O7/c1-5-11(2)28-10-12-6-7-16(30)18-14(12)8-13-9-15-20(29(3)4)22(32)19(25(27)35)24(34)26(15,36)23(33)17(13)21(18)31/h6-7,11,13,15,20,28,30-31,34,36H,5,8-10H2,1-4H3,(H2,27,35). The molecule has 1 fully saturated rings. The molecule has 1 aromatic rings. The van der Waals surface area contributed by atoms with Crippen LogP contribution in [0.1, 0.15) is 43.4 Å². The minimum atomic E-state index is -2.63. The number of nitrogens with zero attached hydrogens (tertiary/aromatic N) is 1. The first-order valence-electron chi connectivity index (χ1n) is 12.1. The Bertz CT molecular complexity index is 1220. The largest absolute Gasteiger partial charge is 0.508 e. The number of rotatable bonds is 6. The first-order chi connectivity index (χ1) is 16.9. The number of likely N-dealkylation sites (N-methyl/N-ethyl adjacent to an activating group) is 1. The number of Topliss-reactive ketones (excluding diaryl/α,β-unsaturated/α-hetero) is 2. The van der Waals surface area contributed by atoms with Gasteiger partial charge in [0.15, 0.2) is 11.4 Å². The topological polar surface area (TPSA) is 173 Å². The number of phenolic OH excluding ortho intramolecular Hbond substituents is 1. The van der Waals surface area contributed by atoms with Gasteiger partial charge in [0.1, 0.15) is 22.8 Å². The highest BCUT2D eigenvalue weighted by atomic mass is 16.3. The molecule has 1 aromatic carbocycles. The lowest BCUT2D eigenvalue weighted by molar-refractivity contribution is -0.153. The first-order valence-corrected chi connectivity index (χ1v) is 12.1. The molecule has 0 aromatic heterocycles. The smallest absolute Gasteiger partial charge is 0.255 e. The average Bonchev–Trinajstić information content (AvgIpc) is 2.80. The number of aliphatic hydroxyl groups excluding tert-OH is 2. The Labute approximate surface area is 209 Å². The second-order valence-corrected chi connectivity index (χ2v) is 10.2. The number of ketones is 2. The second kappa shape index (κ2) is 9.02. The fourth-order valence-corrected chi connectivity index (χ4v) is 5.90. The number of amides is 1. The van der Waals surface area contributed by atoms with Gasteiger partial charge in [0.2, 0.25) is 5.78 Å². The number of carbonyl (C=O) groups is 3. The van der Waals surface area contributed by atoms with Gasteiger partial charge in [0, 0.05) is 24.1 Å². The molecule has 0 aliphatic heterocycles. The van der Waals surface area contributed by atoms with Crippen LogP contribution in [-0.4, -0.2) is 74.6 Å². The van der Waals surface area contributed by atoms with Gasteiger partial charge in [-0.05, 0) is 63.4 Å². The predicted octanol–water partition coefficient (Wildman–Crippen LogP) is 0.852. The summed E-state index contributed by atoms with van der Waals surface area (Å²) >= 11 is 0. The highest BCUT2D eigenvalue weighted by molar-refractivity contribution is 6.24. The summed E-state index contributed by atoms with van der Waals surface area (Å²) in [6.45, 7) is 4.59. The molecule has 1 amide bonds. The predicted molar refractivity (Wildman–Crippen MR) is 131 cm³/mol. The first kappa shape index (κ1) is 25.9. The van der Waals surface area contributed by atoms with E-state index in [4.69, 9.17) is 5.73 Å². The van der Waals surface area contributed by atoms with E-state index in [-0.39, 0.29) is 35.8 Å². The lowest BCUT2D eigenvalue weighted by Crippen LogP contribution is -2.65. The number of fused-ring (bicyclic) bond motifs is 3. The highest BCUT2D eigenvalue weighted by Crippen LogP contribution is 2.52. The van der Waals surface area contributed by atoms with E-state index in [1.165, 1.54) is 11.0 Å². The van der Waals surface area contributed by atoms with E-state index < -0.39 is 58.0 Å². The normalized spacial score (nSPS) is 28.7. The summed E-state index contributed by atoms with van der Waals surface area (Å²) < 4.78 is 0. The molecule has 36 heavy (non-hydrogen) atoms. The van der Waals surface area contributed by atoms with Crippen LogP contribution >= 0.6 is 0 Å². The summed E-state index contributed by atoms with van der Waals surface area (Å²) in [6.07, 6.45) is 1.26. The molecule has 10 nitrogen and oxygen atoms in total. The molecule has 10 heteroatoms. The fourth-order valence-electron chi connectivity index (χ4n) is 5.90. The van der Waals surface area contributed by atoms with Crippen LogP contribution in [0.15, 0.2) is 29.0 Å². The Morgan fingerprint density at radius 1 is 1.25 bits per heavy atom. The molecule has 0 bridgehead atoms. The molecule has 3 aliphatic rings. The van der Waals surface area contributed by atoms with E-state index in [0.717, 1.165) is 12.0 Å². The lowest BCUT2D eigenvalue weighted by Gasteiger charge is -2.50. The lowest BCUT2D eigenvalue weighted by atomic mass is 9.57. The Hall–Kier alpha value is -3.21. The zero-order valence-electron chi connectivity index (χ0n) is 20.8. The Balaban J connectivity index is 1.89. The number of carbonyl (C=O) groups excluding carboxylic acids is 3. The van der Waals surface area contributed by atoms with E-state index >= 15 is 0 Å². The van der Waals surface area contributed by atoms with E-state index in [0.29, 0.717) is 12.1 Å². The minimum absolute atomic E-state index is 0.0691. The number of hydrogen-bond donors (Lipinski definition) is 6. The van der Waals surface area contributed by atoms with E-state index in [1.807, 2.05) is 6.92 Å². The number of benzene rings is 1. The molecule has 5 unspecified atom stereocenters. The molecular weight excluding hydrogens is 466 g/mol. The van der Waals surface area contributed by atoms with Gasteiger partial charge < -0.3 is 31.5 Å². The van der Waals surface area contributed by atoms with Gasteiger partial charge in [-0.25, -0.2) is 0 Å². The van der Waals surface area contributed by atoms with Crippen molar-refractivity contribution in [1.29, 1.82) is 0 Å². The van der Waals surface area contributed by atoms with Crippen molar-refractivity contribution in [2.75, 3.05) is 14.1 Å².